The molecule has 1 N–H and O–H groups in total. The molecule has 1 atom stereocenters. The zero-order chi connectivity index (χ0) is 18.0. The Labute approximate surface area is 144 Å². The third-order valence-corrected chi connectivity index (χ3v) is 4.58. The molecule has 1 aliphatic heterocycles. The second-order valence-corrected chi connectivity index (χ2v) is 6.22. The van der Waals surface area contributed by atoms with Gasteiger partial charge in [0, 0.05) is 25.2 Å². The highest BCUT2D eigenvalue weighted by molar-refractivity contribution is 5.94. The summed E-state index contributed by atoms with van der Waals surface area (Å²) in [6.07, 6.45) is -3.40. The van der Waals surface area contributed by atoms with Crippen molar-refractivity contribution in [3.8, 4) is 11.1 Å². The number of nitrogens with zero attached hydrogens (tertiary/aromatic N) is 1. The summed E-state index contributed by atoms with van der Waals surface area (Å²) >= 11 is 0. The molecule has 0 saturated carbocycles. The van der Waals surface area contributed by atoms with Crippen LogP contribution in [0.4, 0.5) is 13.2 Å². The molecule has 132 valence electrons. The normalized spacial score (nSPS) is 17.5. The van der Waals surface area contributed by atoms with E-state index in [1.807, 2.05) is 0 Å². The summed E-state index contributed by atoms with van der Waals surface area (Å²) in [5, 5.41) is 3.23. The number of hydrogen-bond donors (Lipinski definition) is 1. The molecule has 0 aliphatic carbocycles. The monoisotopic (exact) mass is 348 g/mol. The van der Waals surface area contributed by atoms with Crippen molar-refractivity contribution in [3.05, 3.63) is 59.7 Å². The summed E-state index contributed by atoms with van der Waals surface area (Å²) < 4.78 is 37.9. The quantitative estimate of drug-likeness (QED) is 0.915. The van der Waals surface area contributed by atoms with Crippen molar-refractivity contribution in [1.82, 2.24) is 10.2 Å². The largest absolute Gasteiger partial charge is 0.416 e. The number of benzene rings is 2. The second-order valence-electron chi connectivity index (χ2n) is 6.22. The van der Waals surface area contributed by atoms with E-state index >= 15 is 0 Å². The lowest BCUT2D eigenvalue weighted by atomic mass is 10.0. The van der Waals surface area contributed by atoms with Crippen molar-refractivity contribution in [3.63, 3.8) is 0 Å². The molecule has 1 fully saturated rings. The third kappa shape index (κ3) is 3.85. The van der Waals surface area contributed by atoms with E-state index in [0.717, 1.165) is 37.2 Å². The Morgan fingerprint density at radius 3 is 2.08 bits per heavy atom. The van der Waals surface area contributed by atoms with E-state index < -0.39 is 11.7 Å². The maximum absolute atomic E-state index is 12.6. The highest BCUT2D eigenvalue weighted by atomic mass is 19.4. The first kappa shape index (κ1) is 17.5. The summed E-state index contributed by atoms with van der Waals surface area (Å²) in [5.41, 5.74) is 1.36. The molecule has 0 bridgehead atoms. The number of carbonyl (C=O) groups excluding carboxylic acids is 1. The molecule has 25 heavy (non-hydrogen) atoms. The van der Waals surface area contributed by atoms with Crippen LogP contribution in [-0.4, -0.2) is 37.0 Å². The third-order valence-electron chi connectivity index (χ3n) is 4.58. The van der Waals surface area contributed by atoms with E-state index in [4.69, 9.17) is 0 Å². The number of rotatable bonds is 3. The highest BCUT2D eigenvalue weighted by Gasteiger charge is 2.30. The molecule has 2 aromatic carbocycles. The zero-order valence-corrected chi connectivity index (χ0v) is 13.8. The van der Waals surface area contributed by atoms with Crippen LogP contribution in [0.1, 0.15) is 22.3 Å². The topological polar surface area (TPSA) is 32.3 Å². The standard InChI is InChI=1S/C19H19F3N2O/c1-24(17-10-11-23-12-17)18(25)15-4-2-13(3-5-15)14-6-8-16(9-7-14)19(20,21)22/h2-9,17,23H,10-12H2,1H3. The van der Waals surface area contributed by atoms with Crippen LogP contribution >= 0.6 is 0 Å². The Kier molecular flexibility index (Phi) is 4.81. The van der Waals surface area contributed by atoms with Crippen LogP contribution in [0.3, 0.4) is 0 Å². The van der Waals surface area contributed by atoms with Crippen molar-refractivity contribution < 1.29 is 18.0 Å². The fourth-order valence-corrected chi connectivity index (χ4v) is 3.00. The Balaban J connectivity index is 1.74. The molecule has 2 aromatic rings. The summed E-state index contributed by atoms with van der Waals surface area (Å²) in [4.78, 5) is 14.3. The minimum atomic E-state index is -4.34. The van der Waals surface area contributed by atoms with Crippen molar-refractivity contribution in [2.24, 2.45) is 0 Å². The lowest BCUT2D eigenvalue weighted by Gasteiger charge is -2.23. The van der Waals surface area contributed by atoms with Gasteiger partial charge in [0.05, 0.1) is 5.56 Å². The summed E-state index contributed by atoms with van der Waals surface area (Å²) in [5.74, 6) is -0.0485. The van der Waals surface area contributed by atoms with Gasteiger partial charge in [-0.25, -0.2) is 0 Å². The van der Waals surface area contributed by atoms with Gasteiger partial charge >= 0.3 is 6.18 Å². The summed E-state index contributed by atoms with van der Waals surface area (Å²) in [7, 11) is 1.80. The maximum Gasteiger partial charge on any atom is 0.416 e. The maximum atomic E-state index is 12.6. The van der Waals surface area contributed by atoms with Crippen LogP contribution in [0.5, 0.6) is 0 Å². The number of hydrogen-bond acceptors (Lipinski definition) is 2. The molecule has 3 rings (SSSR count). The van der Waals surface area contributed by atoms with E-state index in [0.29, 0.717) is 11.1 Å². The van der Waals surface area contributed by atoms with Gasteiger partial charge < -0.3 is 10.2 Å². The van der Waals surface area contributed by atoms with Crippen molar-refractivity contribution in [2.75, 3.05) is 20.1 Å². The first-order chi connectivity index (χ1) is 11.9. The lowest BCUT2D eigenvalue weighted by Crippen LogP contribution is -2.38. The zero-order valence-electron chi connectivity index (χ0n) is 13.8. The van der Waals surface area contributed by atoms with Crippen LogP contribution in [0.2, 0.25) is 0 Å². The van der Waals surface area contributed by atoms with Crippen LogP contribution in [0.25, 0.3) is 11.1 Å². The number of halogens is 3. The van der Waals surface area contributed by atoms with Gasteiger partial charge in [-0.15, -0.1) is 0 Å². The van der Waals surface area contributed by atoms with E-state index in [2.05, 4.69) is 5.32 Å². The molecular formula is C19H19F3N2O. The predicted octanol–water partition coefficient (Wildman–Crippen LogP) is 3.81. The first-order valence-corrected chi connectivity index (χ1v) is 8.12. The van der Waals surface area contributed by atoms with Gasteiger partial charge in [0.2, 0.25) is 0 Å². The van der Waals surface area contributed by atoms with Crippen molar-refractivity contribution in [1.29, 1.82) is 0 Å². The molecule has 1 unspecified atom stereocenters. The molecule has 0 aromatic heterocycles. The van der Waals surface area contributed by atoms with Gasteiger partial charge in [-0.3, -0.25) is 4.79 Å². The molecule has 1 heterocycles. The molecule has 1 amide bonds. The fraction of sp³-hybridized carbons (Fsp3) is 0.316. The summed E-state index contributed by atoms with van der Waals surface area (Å²) in [6.45, 7) is 1.71. The van der Waals surface area contributed by atoms with Crippen LogP contribution in [0.15, 0.2) is 48.5 Å². The van der Waals surface area contributed by atoms with E-state index in [1.165, 1.54) is 12.1 Å². The number of alkyl halides is 3. The summed E-state index contributed by atoms with van der Waals surface area (Å²) in [6, 6.07) is 12.2. The smallest absolute Gasteiger partial charge is 0.337 e. The average molecular weight is 348 g/mol. The van der Waals surface area contributed by atoms with Gasteiger partial charge in [-0.05, 0) is 48.4 Å². The number of nitrogens with one attached hydrogen (secondary N) is 1. The van der Waals surface area contributed by atoms with Gasteiger partial charge in [0.15, 0.2) is 0 Å². The average Bonchev–Trinajstić information content (AvgIpc) is 3.14. The van der Waals surface area contributed by atoms with Crippen molar-refractivity contribution >= 4 is 5.91 Å². The Morgan fingerprint density at radius 2 is 1.60 bits per heavy atom. The minimum absolute atomic E-state index is 0.0485. The van der Waals surface area contributed by atoms with E-state index in [-0.39, 0.29) is 11.9 Å². The van der Waals surface area contributed by atoms with Crippen LogP contribution in [-0.2, 0) is 6.18 Å². The second kappa shape index (κ2) is 6.88. The molecule has 0 spiro atoms. The van der Waals surface area contributed by atoms with E-state index in [9.17, 15) is 18.0 Å². The highest BCUT2D eigenvalue weighted by Crippen LogP contribution is 2.31. The Morgan fingerprint density at radius 1 is 1.04 bits per heavy atom. The van der Waals surface area contributed by atoms with Gasteiger partial charge in [-0.1, -0.05) is 24.3 Å². The molecule has 3 nitrogen and oxygen atoms in total. The number of carbonyl (C=O) groups is 1. The first-order valence-electron chi connectivity index (χ1n) is 8.12. The van der Waals surface area contributed by atoms with Gasteiger partial charge in [0.1, 0.15) is 0 Å². The molecule has 6 heteroatoms. The Hall–Kier alpha value is -2.34. The number of likely N-dealkylation sites (N-methyl/N-ethyl adjacent to an activating group) is 1. The van der Waals surface area contributed by atoms with E-state index in [1.54, 1.807) is 36.2 Å². The molecule has 1 aliphatic rings. The van der Waals surface area contributed by atoms with Gasteiger partial charge in [0.25, 0.3) is 5.91 Å². The van der Waals surface area contributed by atoms with Crippen molar-refractivity contribution in [2.45, 2.75) is 18.6 Å². The molecule has 1 saturated heterocycles. The minimum Gasteiger partial charge on any atom is -0.337 e. The lowest BCUT2D eigenvalue weighted by molar-refractivity contribution is -0.137. The SMILES string of the molecule is CN(C(=O)c1ccc(-c2ccc(C(F)(F)F)cc2)cc1)C1CCNC1. The van der Waals surface area contributed by atoms with Crippen LogP contribution in [0, 0.1) is 0 Å². The molecular weight excluding hydrogens is 329 g/mol. The fourth-order valence-electron chi connectivity index (χ4n) is 3.00. The predicted molar refractivity (Wildman–Crippen MR) is 90.2 cm³/mol. The Bertz CT molecular complexity index is 733. The number of amides is 1. The molecule has 0 radical (unpaired) electrons. The van der Waals surface area contributed by atoms with Crippen LogP contribution < -0.4 is 5.32 Å². The van der Waals surface area contributed by atoms with Gasteiger partial charge in [-0.2, -0.15) is 13.2 Å².